The van der Waals surface area contributed by atoms with E-state index in [1.165, 1.54) is 0 Å². The minimum atomic E-state index is -0.438. The Bertz CT molecular complexity index is 535. The number of ether oxygens (including phenoxy) is 1. The molecular formula is C16H23N3O3. The summed E-state index contributed by atoms with van der Waals surface area (Å²) in [5.41, 5.74) is 0.0683. The third kappa shape index (κ3) is 3.15. The zero-order valence-electron chi connectivity index (χ0n) is 13.3. The van der Waals surface area contributed by atoms with Gasteiger partial charge in [-0.3, -0.25) is 9.79 Å². The van der Waals surface area contributed by atoms with Crippen molar-refractivity contribution in [3.05, 3.63) is 12.3 Å². The molecule has 1 N–H and O–H groups in total. The number of nitrogens with one attached hydrogen (secondary N) is 1. The van der Waals surface area contributed by atoms with Crippen LogP contribution in [0.3, 0.4) is 0 Å². The SMILES string of the molecule is CC(C)(C)OC(=O)N1C[C@@H]2C(CCNC(=O)C3=NC=C3)[C@@H]2C1. The summed E-state index contributed by atoms with van der Waals surface area (Å²) in [4.78, 5) is 29.2. The van der Waals surface area contributed by atoms with E-state index in [9.17, 15) is 9.59 Å². The highest BCUT2D eigenvalue weighted by atomic mass is 16.6. The Kier molecular flexibility index (Phi) is 3.70. The Morgan fingerprint density at radius 3 is 2.50 bits per heavy atom. The van der Waals surface area contributed by atoms with Gasteiger partial charge in [0.05, 0.1) is 0 Å². The number of carbonyl (C=O) groups is 2. The number of carbonyl (C=O) groups excluding carboxylic acids is 2. The maximum absolute atomic E-state index is 12.0. The number of hydrogen-bond acceptors (Lipinski definition) is 4. The summed E-state index contributed by atoms with van der Waals surface area (Å²) in [6, 6.07) is 0. The monoisotopic (exact) mass is 305 g/mol. The minimum absolute atomic E-state index is 0.0938. The van der Waals surface area contributed by atoms with Gasteiger partial charge in [-0.05, 0) is 51.0 Å². The summed E-state index contributed by atoms with van der Waals surface area (Å²) in [5, 5.41) is 2.88. The lowest BCUT2D eigenvalue weighted by Gasteiger charge is -2.25. The molecule has 1 saturated heterocycles. The van der Waals surface area contributed by atoms with Gasteiger partial charge in [0, 0.05) is 25.8 Å². The van der Waals surface area contributed by atoms with Gasteiger partial charge in [0.2, 0.25) is 0 Å². The minimum Gasteiger partial charge on any atom is -0.444 e. The first-order valence-corrected chi connectivity index (χ1v) is 7.85. The van der Waals surface area contributed by atoms with Crippen LogP contribution in [-0.2, 0) is 9.53 Å². The van der Waals surface area contributed by atoms with Crippen molar-refractivity contribution in [2.24, 2.45) is 22.7 Å². The fourth-order valence-corrected chi connectivity index (χ4v) is 3.28. The van der Waals surface area contributed by atoms with Crippen molar-refractivity contribution < 1.29 is 14.3 Å². The highest BCUT2D eigenvalue weighted by Gasteiger charge is 2.56. The van der Waals surface area contributed by atoms with E-state index >= 15 is 0 Å². The second-order valence-electron chi connectivity index (χ2n) is 7.25. The Hall–Kier alpha value is -1.85. The molecule has 6 heteroatoms. The molecule has 0 aromatic heterocycles. The summed E-state index contributed by atoms with van der Waals surface area (Å²) in [6.07, 6.45) is 4.09. The van der Waals surface area contributed by atoms with Gasteiger partial charge in [0.1, 0.15) is 11.3 Å². The van der Waals surface area contributed by atoms with E-state index in [1.807, 2.05) is 25.7 Å². The predicted molar refractivity (Wildman–Crippen MR) is 82.5 cm³/mol. The second-order valence-corrected chi connectivity index (χ2v) is 7.25. The Labute approximate surface area is 130 Å². The number of aliphatic imine (C=N–C) groups is 1. The first kappa shape index (κ1) is 15.1. The van der Waals surface area contributed by atoms with Gasteiger partial charge >= 0.3 is 6.09 Å². The largest absolute Gasteiger partial charge is 0.444 e. The molecule has 0 spiro atoms. The van der Waals surface area contributed by atoms with Crippen molar-refractivity contribution in [3.63, 3.8) is 0 Å². The molecule has 2 fully saturated rings. The van der Waals surface area contributed by atoms with E-state index in [2.05, 4.69) is 10.3 Å². The molecule has 0 radical (unpaired) electrons. The van der Waals surface area contributed by atoms with Gasteiger partial charge in [-0.15, -0.1) is 0 Å². The van der Waals surface area contributed by atoms with Gasteiger partial charge in [0.15, 0.2) is 0 Å². The molecular weight excluding hydrogens is 282 g/mol. The number of fused-ring (bicyclic) bond motifs is 1. The van der Waals surface area contributed by atoms with E-state index in [0.29, 0.717) is 30.0 Å². The van der Waals surface area contributed by atoms with Crippen LogP contribution in [0.25, 0.3) is 0 Å². The Balaban J connectivity index is 1.34. The summed E-state index contributed by atoms with van der Waals surface area (Å²) in [7, 11) is 0. The zero-order valence-corrected chi connectivity index (χ0v) is 13.3. The Morgan fingerprint density at radius 1 is 1.36 bits per heavy atom. The topological polar surface area (TPSA) is 71.0 Å². The van der Waals surface area contributed by atoms with Crippen LogP contribution in [0.2, 0.25) is 0 Å². The molecule has 1 unspecified atom stereocenters. The van der Waals surface area contributed by atoms with E-state index in [4.69, 9.17) is 4.74 Å². The molecule has 2 aliphatic heterocycles. The predicted octanol–water partition coefficient (Wildman–Crippen LogP) is 1.57. The van der Waals surface area contributed by atoms with Crippen LogP contribution in [0.4, 0.5) is 4.79 Å². The van der Waals surface area contributed by atoms with Crippen LogP contribution in [0.5, 0.6) is 0 Å². The Morgan fingerprint density at radius 2 is 2.00 bits per heavy atom. The summed E-state index contributed by atoms with van der Waals surface area (Å²) >= 11 is 0. The van der Waals surface area contributed by atoms with Crippen molar-refractivity contribution in [2.45, 2.75) is 32.8 Å². The number of hydrogen-bond donors (Lipinski definition) is 1. The van der Waals surface area contributed by atoms with Crippen molar-refractivity contribution in [1.82, 2.24) is 10.2 Å². The number of piperidine rings is 1. The van der Waals surface area contributed by atoms with Crippen LogP contribution in [-0.4, -0.2) is 47.8 Å². The van der Waals surface area contributed by atoms with Crippen molar-refractivity contribution in [1.29, 1.82) is 0 Å². The summed E-state index contributed by atoms with van der Waals surface area (Å²) in [5.74, 6) is 1.68. The highest BCUT2D eigenvalue weighted by Crippen LogP contribution is 2.53. The van der Waals surface area contributed by atoms with Crippen LogP contribution in [0, 0.1) is 17.8 Å². The van der Waals surface area contributed by atoms with Crippen LogP contribution in [0.15, 0.2) is 17.3 Å². The molecule has 1 aliphatic carbocycles. The van der Waals surface area contributed by atoms with Gasteiger partial charge in [-0.25, -0.2) is 4.79 Å². The van der Waals surface area contributed by atoms with Gasteiger partial charge in [-0.2, -0.15) is 0 Å². The molecule has 6 nitrogen and oxygen atoms in total. The smallest absolute Gasteiger partial charge is 0.410 e. The van der Waals surface area contributed by atoms with E-state index in [0.717, 1.165) is 19.5 Å². The van der Waals surface area contributed by atoms with Gasteiger partial charge < -0.3 is 15.0 Å². The fourth-order valence-electron chi connectivity index (χ4n) is 3.28. The third-order valence-corrected chi connectivity index (χ3v) is 4.46. The summed E-state index contributed by atoms with van der Waals surface area (Å²) in [6.45, 7) is 7.90. The van der Waals surface area contributed by atoms with E-state index < -0.39 is 5.60 Å². The number of rotatable bonds is 4. The zero-order chi connectivity index (χ0) is 15.9. The maximum Gasteiger partial charge on any atom is 0.410 e. The molecule has 120 valence electrons. The molecule has 3 rings (SSSR count). The molecule has 3 atom stereocenters. The number of amides is 2. The molecule has 0 bridgehead atoms. The van der Waals surface area contributed by atoms with Gasteiger partial charge in [0.25, 0.3) is 5.91 Å². The van der Waals surface area contributed by atoms with Crippen LogP contribution in [0.1, 0.15) is 27.2 Å². The van der Waals surface area contributed by atoms with Crippen molar-refractivity contribution in [2.75, 3.05) is 19.6 Å². The molecule has 0 aromatic carbocycles. The fraction of sp³-hybridized carbons (Fsp3) is 0.688. The quantitative estimate of drug-likeness (QED) is 0.857. The molecule has 3 aliphatic rings. The first-order chi connectivity index (χ1) is 10.3. The summed E-state index contributed by atoms with van der Waals surface area (Å²) < 4.78 is 5.39. The molecule has 0 aromatic rings. The lowest BCUT2D eigenvalue weighted by atomic mass is 10.2. The average molecular weight is 305 g/mol. The second kappa shape index (κ2) is 5.41. The highest BCUT2D eigenvalue weighted by molar-refractivity contribution is 6.45. The van der Waals surface area contributed by atoms with E-state index in [-0.39, 0.29) is 12.0 Å². The molecule has 2 heterocycles. The van der Waals surface area contributed by atoms with E-state index in [1.54, 1.807) is 12.3 Å². The number of likely N-dealkylation sites (tertiary alicyclic amines) is 1. The van der Waals surface area contributed by atoms with Crippen molar-refractivity contribution in [3.8, 4) is 0 Å². The maximum atomic E-state index is 12.0. The molecule has 1 saturated carbocycles. The lowest BCUT2D eigenvalue weighted by Crippen LogP contribution is -2.37. The lowest BCUT2D eigenvalue weighted by molar-refractivity contribution is -0.114. The third-order valence-electron chi connectivity index (χ3n) is 4.46. The number of nitrogens with zero attached hydrogens (tertiary/aromatic N) is 2. The molecule has 22 heavy (non-hydrogen) atoms. The van der Waals surface area contributed by atoms with Crippen LogP contribution >= 0.6 is 0 Å². The first-order valence-electron chi connectivity index (χ1n) is 7.85. The van der Waals surface area contributed by atoms with Crippen molar-refractivity contribution >= 4 is 17.7 Å². The normalized spacial score (nSPS) is 28.6. The van der Waals surface area contributed by atoms with Gasteiger partial charge in [-0.1, -0.05) is 0 Å². The standard InChI is InChI=1S/C16H23N3O3/c1-16(2,3)22-15(21)19-8-11-10(12(11)9-19)4-6-18-14(20)13-5-7-17-13/h5,7,10-12H,4,6,8-9H2,1-3H3,(H,18,20)/t10?,11-,12+. The average Bonchev–Trinajstić information content (AvgIpc) is 2.79. The van der Waals surface area contributed by atoms with Crippen LogP contribution < -0.4 is 5.32 Å². The molecule has 2 amide bonds.